The Morgan fingerprint density at radius 1 is 0.947 bits per heavy atom. The summed E-state index contributed by atoms with van der Waals surface area (Å²) in [6, 6.07) is 17.3. The fourth-order valence-electron chi connectivity index (χ4n) is 2.29. The maximum atomic E-state index is 5.80. The average Bonchev–Trinajstić information content (AvgIpc) is 3.26. The first-order chi connectivity index (χ1) is 9.31. The van der Waals surface area contributed by atoms with Crippen molar-refractivity contribution in [1.29, 1.82) is 0 Å². The van der Waals surface area contributed by atoms with E-state index in [4.69, 9.17) is 4.74 Å². The van der Waals surface area contributed by atoms with Gasteiger partial charge in [0.05, 0.1) is 6.61 Å². The fourth-order valence-corrected chi connectivity index (χ4v) is 2.29. The lowest BCUT2D eigenvalue weighted by atomic mass is 10.1. The maximum Gasteiger partial charge on any atom is 0.119 e. The number of hydrogen-bond acceptors (Lipinski definition) is 1. The summed E-state index contributed by atoms with van der Waals surface area (Å²) in [6.45, 7) is 2.85. The van der Waals surface area contributed by atoms with Gasteiger partial charge in [-0.05, 0) is 48.9 Å². The summed E-state index contributed by atoms with van der Waals surface area (Å²) in [7, 11) is 0. The molecule has 1 fully saturated rings. The second-order valence-corrected chi connectivity index (χ2v) is 5.43. The molecule has 98 valence electrons. The van der Waals surface area contributed by atoms with E-state index in [1.165, 1.54) is 29.5 Å². The molecule has 2 aromatic rings. The molecular formula is C18H20O. The summed E-state index contributed by atoms with van der Waals surface area (Å²) in [5.74, 6) is 1.80. The minimum atomic E-state index is 0.742. The molecule has 0 heterocycles. The van der Waals surface area contributed by atoms with Crippen LogP contribution in [0, 0.1) is 6.92 Å². The normalized spacial score (nSPS) is 14.4. The van der Waals surface area contributed by atoms with Gasteiger partial charge in [-0.15, -0.1) is 0 Å². The van der Waals surface area contributed by atoms with E-state index in [1.807, 2.05) is 0 Å². The molecule has 0 saturated heterocycles. The molecular weight excluding hydrogens is 232 g/mol. The molecule has 1 heteroatoms. The van der Waals surface area contributed by atoms with Crippen LogP contribution in [-0.2, 0) is 6.42 Å². The fraction of sp³-hybridized carbons (Fsp3) is 0.333. The van der Waals surface area contributed by atoms with Crippen molar-refractivity contribution in [3.05, 3.63) is 65.2 Å². The summed E-state index contributed by atoms with van der Waals surface area (Å²) in [6.07, 6.45) is 3.67. The van der Waals surface area contributed by atoms with Crippen molar-refractivity contribution in [1.82, 2.24) is 0 Å². The van der Waals surface area contributed by atoms with Gasteiger partial charge in [-0.25, -0.2) is 0 Å². The second kappa shape index (κ2) is 5.48. The molecule has 2 aromatic carbocycles. The van der Waals surface area contributed by atoms with Gasteiger partial charge in [0, 0.05) is 6.42 Å². The summed E-state index contributed by atoms with van der Waals surface area (Å²) in [5, 5.41) is 0. The zero-order valence-corrected chi connectivity index (χ0v) is 11.4. The Kier molecular flexibility index (Phi) is 3.54. The van der Waals surface area contributed by atoms with Crippen molar-refractivity contribution in [2.45, 2.75) is 32.1 Å². The SMILES string of the molecule is Cc1ccc(CCOc2ccc(C3CC3)cc2)cc1. The van der Waals surface area contributed by atoms with Crippen molar-refractivity contribution >= 4 is 0 Å². The van der Waals surface area contributed by atoms with Crippen LogP contribution in [0.4, 0.5) is 0 Å². The van der Waals surface area contributed by atoms with Crippen LogP contribution in [0.2, 0.25) is 0 Å². The number of rotatable bonds is 5. The van der Waals surface area contributed by atoms with Crippen molar-refractivity contribution < 1.29 is 4.74 Å². The smallest absolute Gasteiger partial charge is 0.119 e. The number of ether oxygens (including phenoxy) is 1. The van der Waals surface area contributed by atoms with E-state index >= 15 is 0 Å². The molecule has 19 heavy (non-hydrogen) atoms. The minimum Gasteiger partial charge on any atom is -0.493 e. The summed E-state index contributed by atoms with van der Waals surface area (Å²) < 4.78 is 5.80. The van der Waals surface area contributed by atoms with Crippen LogP contribution in [0.1, 0.15) is 35.4 Å². The third-order valence-electron chi connectivity index (χ3n) is 3.71. The monoisotopic (exact) mass is 252 g/mol. The summed E-state index contributed by atoms with van der Waals surface area (Å²) in [4.78, 5) is 0. The molecule has 1 aliphatic carbocycles. The van der Waals surface area contributed by atoms with E-state index in [1.54, 1.807) is 0 Å². The average molecular weight is 252 g/mol. The second-order valence-electron chi connectivity index (χ2n) is 5.43. The highest BCUT2D eigenvalue weighted by Crippen LogP contribution is 2.40. The Balaban J connectivity index is 1.50. The number of hydrogen-bond donors (Lipinski definition) is 0. The Morgan fingerprint density at radius 3 is 2.26 bits per heavy atom. The molecule has 0 radical (unpaired) electrons. The van der Waals surface area contributed by atoms with Gasteiger partial charge in [0.15, 0.2) is 0 Å². The van der Waals surface area contributed by atoms with Crippen LogP contribution in [0.25, 0.3) is 0 Å². The molecule has 0 spiro atoms. The first-order valence-corrected chi connectivity index (χ1v) is 7.09. The van der Waals surface area contributed by atoms with E-state index in [-0.39, 0.29) is 0 Å². The van der Waals surface area contributed by atoms with Gasteiger partial charge < -0.3 is 4.74 Å². The van der Waals surface area contributed by atoms with E-state index in [2.05, 4.69) is 55.5 Å². The highest BCUT2D eigenvalue weighted by molar-refractivity contribution is 5.31. The van der Waals surface area contributed by atoms with Gasteiger partial charge in [0.2, 0.25) is 0 Å². The van der Waals surface area contributed by atoms with Crippen molar-refractivity contribution in [3.63, 3.8) is 0 Å². The highest BCUT2D eigenvalue weighted by atomic mass is 16.5. The largest absolute Gasteiger partial charge is 0.493 e. The van der Waals surface area contributed by atoms with Gasteiger partial charge in [-0.3, -0.25) is 0 Å². The summed E-state index contributed by atoms with van der Waals surface area (Å²) >= 11 is 0. The topological polar surface area (TPSA) is 9.23 Å². The molecule has 0 aliphatic heterocycles. The molecule has 0 bridgehead atoms. The first-order valence-electron chi connectivity index (χ1n) is 7.09. The minimum absolute atomic E-state index is 0.742. The van der Waals surface area contributed by atoms with E-state index < -0.39 is 0 Å². The molecule has 0 amide bonds. The predicted molar refractivity (Wildman–Crippen MR) is 78.8 cm³/mol. The zero-order valence-electron chi connectivity index (χ0n) is 11.4. The lowest BCUT2D eigenvalue weighted by Gasteiger charge is -2.07. The molecule has 0 atom stereocenters. The lowest BCUT2D eigenvalue weighted by Crippen LogP contribution is -2.01. The van der Waals surface area contributed by atoms with Crippen molar-refractivity contribution in [2.75, 3.05) is 6.61 Å². The van der Waals surface area contributed by atoms with Gasteiger partial charge in [0.25, 0.3) is 0 Å². The van der Waals surface area contributed by atoms with Gasteiger partial charge in [-0.2, -0.15) is 0 Å². The van der Waals surface area contributed by atoms with Gasteiger partial charge in [-0.1, -0.05) is 42.0 Å². The molecule has 1 nitrogen and oxygen atoms in total. The van der Waals surface area contributed by atoms with E-state index in [9.17, 15) is 0 Å². The van der Waals surface area contributed by atoms with Crippen LogP contribution in [0.5, 0.6) is 5.75 Å². The Hall–Kier alpha value is -1.76. The van der Waals surface area contributed by atoms with Crippen LogP contribution >= 0.6 is 0 Å². The molecule has 0 aromatic heterocycles. The first kappa shape index (κ1) is 12.3. The molecule has 0 unspecified atom stereocenters. The van der Waals surface area contributed by atoms with Crippen LogP contribution in [-0.4, -0.2) is 6.61 Å². The summed E-state index contributed by atoms with van der Waals surface area (Å²) in [5.41, 5.74) is 4.10. The van der Waals surface area contributed by atoms with E-state index in [0.29, 0.717) is 0 Å². The number of aryl methyl sites for hydroxylation is 1. The number of benzene rings is 2. The Bertz CT molecular complexity index is 521. The molecule has 1 aliphatic rings. The Morgan fingerprint density at radius 2 is 1.63 bits per heavy atom. The quantitative estimate of drug-likeness (QED) is 0.761. The molecule has 3 rings (SSSR count). The predicted octanol–water partition coefficient (Wildman–Crippen LogP) is 4.49. The molecule has 1 saturated carbocycles. The third-order valence-corrected chi connectivity index (χ3v) is 3.71. The van der Waals surface area contributed by atoms with Crippen LogP contribution < -0.4 is 4.74 Å². The third kappa shape index (κ3) is 3.37. The van der Waals surface area contributed by atoms with Crippen molar-refractivity contribution in [3.8, 4) is 5.75 Å². The van der Waals surface area contributed by atoms with Gasteiger partial charge >= 0.3 is 0 Å². The van der Waals surface area contributed by atoms with Crippen LogP contribution in [0.15, 0.2) is 48.5 Å². The zero-order chi connectivity index (χ0) is 13.1. The standard InChI is InChI=1S/C18H20O/c1-14-2-4-15(5-3-14)12-13-19-18-10-8-17(9-11-18)16-6-7-16/h2-5,8-11,16H,6-7,12-13H2,1H3. The van der Waals surface area contributed by atoms with Gasteiger partial charge in [0.1, 0.15) is 5.75 Å². The highest BCUT2D eigenvalue weighted by Gasteiger charge is 2.22. The van der Waals surface area contributed by atoms with Crippen molar-refractivity contribution in [2.24, 2.45) is 0 Å². The van der Waals surface area contributed by atoms with E-state index in [0.717, 1.165) is 24.7 Å². The maximum absolute atomic E-state index is 5.80. The Labute approximate surface area is 115 Å². The lowest BCUT2D eigenvalue weighted by molar-refractivity contribution is 0.322. The van der Waals surface area contributed by atoms with Crippen LogP contribution in [0.3, 0.4) is 0 Å². The molecule has 0 N–H and O–H groups in total.